The number of hydrogen-bond acceptors (Lipinski definition) is 1. The number of benzene rings is 7. The van der Waals surface area contributed by atoms with E-state index in [1.165, 1.54) is 62.2 Å². The van der Waals surface area contributed by atoms with Crippen molar-refractivity contribution in [3.8, 4) is 39.3 Å². The predicted octanol–water partition coefficient (Wildman–Crippen LogP) is 11.7. The van der Waals surface area contributed by atoms with E-state index in [9.17, 15) is 0 Å². The third kappa shape index (κ3) is 4.80. The van der Waals surface area contributed by atoms with Crippen LogP contribution in [0.5, 0.6) is 0 Å². The summed E-state index contributed by atoms with van der Waals surface area (Å²) in [6.07, 6.45) is 3.47. The second-order valence-corrected chi connectivity index (χ2v) is 11.8. The van der Waals surface area contributed by atoms with Gasteiger partial charge < -0.3 is 0 Å². The molecule has 0 atom stereocenters. The summed E-state index contributed by atoms with van der Waals surface area (Å²) >= 11 is 0. The third-order valence-corrected chi connectivity index (χ3v) is 8.96. The molecule has 45 heavy (non-hydrogen) atoms. The first-order valence-corrected chi connectivity index (χ1v) is 16.0. The standard InChI is InChI=1S/C43H34N2/c1-2-3-15-30-24-26-35-37(28-30)41(31-16-7-4-8-17-31)36-27-25-34(29-38(36)42(35)32-18-9-5-10-19-32)45-40-23-14-13-22-39(40)44-43(45)33-20-11-6-12-21-33/h4-14,16-29H,2-3,15H2,1H3. The smallest absolute Gasteiger partial charge is 0.145 e. The molecule has 8 rings (SSSR count). The van der Waals surface area contributed by atoms with Gasteiger partial charge in [0.1, 0.15) is 5.82 Å². The van der Waals surface area contributed by atoms with Crippen LogP contribution in [0.2, 0.25) is 0 Å². The van der Waals surface area contributed by atoms with E-state index in [2.05, 4.69) is 163 Å². The first-order chi connectivity index (χ1) is 22.3. The van der Waals surface area contributed by atoms with Gasteiger partial charge in [-0.25, -0.2) is 4.98 Å². The molecule has 1 heterocycles. The van der Waals surface area contributed by atoms with E-state index in [1.54, 1.807) is 0 Å². The van der Waals surface area contributed by atoms with Crippen molar-refractivity contribution in [3.05, 3.63) is 157 Å². The average Bonchev–Trinajstić information content (AvgIpc) is 3.50. The summed E-state index contributed by atoms with van der Waals surface area (Å²) in [4.78, 5) is 5.13. The molecule has 0 fully saturated rings. The van der Waals surface area contributed by atoms with Crippen molar-refractivity contribution in [2.45, 2.75) is 26.2 Å². The van der Waals surface area contributed by atoms with E-state index >= 15 is 0 Å². The fourth-order valence-corrected chi connectivity index (χ4v) is 6.84. The summed E-state index contributed by atoms with van der Waals surface area (Å²) in [5.74, 6) is 0.946. The summed E-state index contributed by atoms with van der Waals surface area (Å²) in [6.45, 7) is 2.27. The fourth-order valence-electron chi connectivity index (χ4n) is 6.84. The maximum Gasteiger partial charge on any atom is 0.145 e. The van der Waals surface area contributed by atoms with Gasteiger partial charge in [-0.15, -0.1) is 0 Å². The van der Waals surface area contributed by atoms with E-state index in [1.807, 2.05) is 0 Å². The Morgan fingerprint density at radius 3 is 1.71 bits per heavy atom. The fraction of sp³-hybridized carbons (Fsp3) is 0.0930. The highest BCUT2D eigenvalue weighted by molar-refractivity contribution is 6.21. The monoisotopic (exact) mass is 578 g/mol. The molecule has 7 aromatic carbocycles. The zero-order valence-corrected chi connectivity index (χ0v) is 25.4. The van der Waals surface area contributed by atoms with Gasteiger partial charge in [-0.1, -0.05) is 141 Å². The molecule has 0 unspecified atom stereocenters. The summed E-state index contributed by atoms with van der Waals surface area (Å²) in [6, 6.07) is 54.9. The Bertz CT molecular complexity index is 2280. The zero-order chi connectivity index (χ0) is 30.2. The van der Waals surface area contributed by atoms with Crippen LogP contribution in [0.1, 0.15) is 25.3 Å². The Morgan fingerprint density at radius 2 is 1.07 bits per heavy atom. The largest absolute Gasteiger partial charge is 0.292 e. The van der Waals surface area contributed by atoms with Gasteiger partial charge in [0, 0.05) is 11.3 Å². The van der Waals surface area contributed by atoms with Crippen molar-refractivity contribution in [2.24, 2.45) is 0 Å². The van der Waals surface area contributed by atoms with Gasteiger partial charge >= 0.3 is 0 Å². The van der Waals surface area contributed by atoms with Crippen LogP contribution >= 0.6 is 0 Å². The van der Waals surface area contributed by atoms with Gasteiger partial charge in [0.15, 0.2) is 0 Å². The van der Waals surface area contributed by atoms with Gasteiger partial charge in [-0.3, -0.25) is 4.57 Å². The number of unbranched alkanes of at least 4 members (excludes halogenated alkanes) is 1. The van der Waals surface area contributed by atoms with Crippen LogP contribution in [-0.4, -0.2) is 9.55 Å². The van der Waals surface area contributed by atoms with Crippen molar-refractivity contribution >= 4 is 32.6 Å². The number of fused-ring (bicyclic) bond motifs is 3. The zero-order valence-electron chi connectivity index (χ0n) is 25.4. The number of aromatic nitrogens is 2. The minimum Gasteiger partial charge on any atom is -0.292 e. The summed E-state index contributed by atoms with van der Waals surface area (Å²) in [5.41, 5.74) is 10.7. The predicted molar refractivity (Wildman–Crippen MR) is 191 cm³/mol. The molecule has 2 nitrogen and oxygen atoms in total. The molecule has 0 aliphatic heterocycles. The maximum atomic E-state index is 5.13. The first-order valence-electron chi connectivity index (χ1n) is 16.0. The Morgan fingerprint density at radius 1 is 0.511 bits per heavy atom. The molecule has 0 amide bonds. The number of aryl methyl sites for hydroxylation is 1. The number of rotatable bonds is 7. The van der Waals surface area contributed by atoms with E-state index in [0.717, 1.165) is 34.5 Å². The minimum absolute atomic E-state index is 0.946. The minimum atomic E-state index is 0.946. The second kappa shape index (κ2) is 11.6. The lowest BCUT2D eigenvalue weighted by Crippen LogP contribution is -1.99. The highest BCUT2D eigenvalue weighted by Gasteiger charge is 2.20. The van der Waals surface area contributed by atoms with Gasteiger partial charge in [-0.2, -0.15) is 0 Å². The Labute approximate surface area is 264 Å². The number of imidazole rings is 1. The highest BCUT2D eigenvalue weighted by atomic mass is 15.1. The summed E-state index contributed by atoms with van der Waals surface area (Å²) in [5, 5.41) is 5.09. The summed E-state index contributed by atoms with van der Waals surface area (Å²) < 4.78 is 2.32. The molecule has 8 aromatic rings. The quantitative estimate of drug-likeness (QED) is 0.172. The molecule has 0 radical (unpaired) electrons. The average molecular weight is 579 g/mol. The normalized spacial score (nSPS) is 11.5. The lowest BCUT2D eigenvalue weighted by molar-refractivity contribution is 0.796. The number of hydrogen-bond donors (Lipinski definition) is 0. The van der Waals surface area contributed by atoms with Gasteiger partial charge in [-0.05, 0) is 86.5 Å². The lowest BCUT2D eigenvalue weighted by Gasteiger charge is -2.20. The molecule has 1 aromatic heterocycles. The topological polar surface area (TPSA) is 17.8 Å². The van der Waals surface area contributed by atoms with Crippen LogP contribution in [0.3, 0.4) is 0 Å². The van der Waals surface area contributed by atoms with Crippen molar-refractivity contribution in [3.63, 3.8) is 0 Å². The van der Waals surface area contributed by atoms with Crippen LogP contribution < -0.4 is 0 Å². The molecular formula is C43H34N2. The molecule has 0 spiro atoms. The third-order valence-electron chi connectivity index (χ3n) is 8.96. The van der Waals surface area contributed by atoms with Crippen molar-refractivity contribution in [1.82, 2.24) is 9.55 Å². The maximum absolute atomic E-state index is 5.13. The Hall–Kier alpha value is -5.47. The van der Waals surface area contributed by atoms with Crippen molar-refractivity contribution in [1.29, 1.82) is 0 Å². The molecule has 0 saturated carbocycles. The molecule has 216 valence electrons. The van der Waals surface area contributed by atoms with Crippen LogP contribution in [0.25, 0.3) is 71.9 Å². The molecule has 0 saturated heterocycles. The molecule has 0 aliphatic rings. The van der Waals surface area contributed by atoms with Gasteiger partial charge in [0.25, 0.3) is 0 Å². The van der Waals surface area contributed by atoms with E-state index < -0.39 is 0 Å². The Kier molecular flexibility index (Phi) is 6.96. The van der Waals surface area contributed by atoms with Crippen LogP contribution in [0.4, 0.5) is 0 Å². The molecule has 0 aliphatic carbocycles. The van der Waals surface area contributed by atoms with E-state index in [-0.39, 0.29) is 0 Å². The van der Waals surface area contributed by atoms with Gasteiger partial charge in [0.2, 0.25) is 0 Å². The van der Waals surface area contributed by atoms with Crippen LogP contribution in [0, 0.1) is 0 Å². The molecular weight excluding hydrogens is 544 g/mol. The highest BCUT2D eigenvalue weighted by Crippen LogP contribution is 2.45. The lowest BCUT2D eigenvalue weighted by atomic mass is 9.85. The number of para-hydroxylation sites is 2. The Balaban J connectivity index is 1.49. The molecule has 2 heteroatoms. The SMILES string of the molecule is CCCCc1ccc2c(-c3ccccc3)c3cc(-n4c(-c5ccccc5)nc5ccccc54)ccc3c(-c3ccccc3)c2c1. The molecule has 0 bridgehead atoms. The van der Waals surface area contributed by atoms with Crippen molar-refractivity contribution < 1.29 is 0 Å². The van der Waals surface area contributed by atoms with Gasteiger partial charge in [0.05, 0.1) is 11.0 Å². The summed E-state index contributed by atoms with van der Waals surface area (Å²) in [7, 11) is 0. The number of nitrogens with zero attached hydrogens (tertiary/aromatic N) is 2. The van der Waals surface area contributed by atoms with Crippen LogP contribution in [-0.2, 0) is 6.42 Å². The second-order valence-electron chi connectivity index (χ2n) is 11.8. The van der Waals surface area contributed by atoms with Crippen molar-refractivity contribution in [2.75, 3.05) is 0 Å². The van der Waals surface area contributed by atoms with E-state index in [4.69, 9.17) is 4.98 Å². The van der Waals surface area contributed by atoms with E-state index in [0.29, 0.717) is 0 Å². The first kappa shape index (κ1) is 27.1. The molecule has 0 N–H and O–H groups in total. The van der Waals surface area contributed by atoms with Crippen LogP contribution in [0.15, 0.2) is 152 Å².